The fraction of sp³-hybridized carbons (Fsp3) is 0.545. The third kappa shape index (κ3) is 3.42. The smallest absolute Gasteiger partial charge is 0.267 e. The lowest BCUT2D eigenvalue weighted by molar-refractivity contribution is 0.0946. The van der Waals surface area contributed by atoms with Crippen LogP contribution >= 0.6 is 15.9 Å². The molecule has 0 saturated heterocycles. The highest BCUT2D eigenvalue weighted by Crippen LogP contribution is 2.37. The molecular formula is C11H15BrN2O2S. The van der Waals surface area contributed by atoms with E-state index >= 15 is 0 Å². The summed E-state index contributed by atoms with van der Waals surface area (Å²) in [4.78, 5) is 11.9. The highest BCUT2D eigenvalue weighted by molar-refractivity contribution is 9.10. The summed E-state index contributed by atoms with van der Waals surface area (Å²) in [7, 11) is -0.866. The van der Waals surface area contributed by atoms with Crippen LogP contribution in [-0.4, -0.2) is 33.2 Å². The SMILES string of the molecule is CS(=O)CCNC(=O)c1cc(Br)cn1C1CC1. The van der Waals surface area contributed by atoms with Crippen molar-refractivity contribution in [2.75, 3.05) is 18.6 Å². The molecule has 1 atom stereocenters. The van der Waals surface area contributed by atoms with Gasteiger partial charge in [0.05, 0.1) is 0 Å². The highest BCUT2D eigenvalue weighted by Gasteiger charge is 2.27. The van der Waals surface area contributed by atoms with Gasteiger partial charge in [0, 0.05) is 46.1 Å². The van der Waals surface area contributed by atoms with Crippen LogP contribution in [0.3, 0.4) is 0 Å². The van der Waals surface area contributed by atoms with E-state index in [1.807, 2.05) is 16.8 Å². The summed E-state index contributed by atoms with van der Waals surface area (Å²) < 4.78 is 13.8. The lowest BCUT2D eigenvalue weighted by Crippen LogP contribution is -2.29. The Labute approximate surface area is 111 Å². The average Bonchev–Trinajstić information content (AvgIpc) is 3.01. The van der Waals surface area contributed by atoms with E-state index in [9.17, 15) is 9.00 Å². The third-order valence-electron chi connectivity index (χ3n) is 2.66. The van der Waals surface area contributed by atoms with Gasteiger partial charge in [-0.2, -0.15) is 0 Å². The van der Waals surface area contributed by atoms with Crippen LogP contribution in [0.1, 0.15) is 29.4 Å². The Morgan fingerprint density at radius 3 is 2.94 bits per heavy atom. The number of carbonyl (C=O) groups excluding carboxylic acids is 1. The van der Waals surface area contributed by atoms with Crippen LogP contribution in [0.25, 0.3) is 0 Å². The van der Waals surface area contributed by atoms with Crippen LogP contribution in [0, 0.1) is 0 Å². The first kappa shape index (κ1) is 12.8. The molecule has 0 radical (unpaired) electrons. The number of nitrogens with zero attached hydrogens (tertiary/aromatic N) is 1. The Morgan fingerprint density at radius 1 is 1.65 bits per heavy atom. The minimum absolute atomic E-state index is 0.0898. The summed E-state index contributed by atoms with van der Waals surface area (Å²) in [6.07, 6.45) is 5.86. The zero-order valence-electron chi connectivity index (χ0n) is 9.61. The lowest BCUT2D eigenvalue weighted by Gasteiger charge is -2.07. The molecule has 1 aliphatic carbocycles. The van der Waals surface area contributed by atoms with Crippen LogP contribution < -0.4 is 5.32 Å². The number of nitrogens with one attached hydrogen (secondary N) is 1. The molecule has 1 heterocycles. The van der Waals surface area contributed by atoms with Crippen molar-refractivity contribution in [2.45, 2.75) is 18.9 Å². The van der Waals surface area contributed by atoms with Crippen LogP contribution in [0.2, 0.25) is 0 Å². The van der Waals surface area contributed by atoms with Crippen molar-refractivity contribution < 1.29 is 9.00 Å². The number of carbonyl (C=O) groups is 1. The van der Waals surface area contributed by atoms with Gasteiger partial charge in [0.1, 0.15) is 5.69 Å². The predicted molar refractivity (Wildman–Crippen MR) is 71.7 cm³/mol. The Bertz CT molecular complexity index is 454. The van der Waals surface area contributed by atoms with E-state index < -0.39 is 10.8 Å². The molecule has 0 aliphatic heterocycles. The molecular weight excluding hydrogens is 304 g/mol. The quantitative estimate of drug-likeness (QED) is 0.898. The molecule has 1 aromatic heterocycles. The molecule has 1 amide bonds. The van der Waals surface area contributed by atoms with Crippen LogP contribution in [0.4, 0.5) is 0 Å². The second-order valence-corrected chi connectivity index (χ2v) is 6.69. The maximum atomic E-state index is 11.9. The molecule has 1 aromatic rings. The molecule has 0 aromatic carbocycles. The Kier molecular flexibility index (Phi) is 4.04. The predicted octanol–water partition coefficient (Wildman–Crippen LogP) is 1.69. The minimum atomic E-state index is -0.866. The highest BCUT2D eigenvalue weighted by atomic mass is 79.9. The largest absolute Gasteiger partial charge is 0.350 e. The molecule has 1 saturated carbocycles. The second-order valence-electron chi connectivity index (χ2n) is 4.22. The first-order valence-corrected chi connectivity index (χ1v) is 8.05. The maximum absolute atomic E-state index is 11.9. The number of aromatic nitrogens is 1. The Hall–Kier alpha value is -0.620. The fourth-order valence-electron chi connectivity index (χ4n) is 1.68. The zero-order valence-corrected chi connectivity index (χ0v) is 12.0. The van der Waals surface area contributed by atoms with Crippen molar-refractivity contribution in [1.82, 2.24) is 9.88 Å². The van der Waals surface area contributed by atoms with E-state index in [0.717, 1.165) is 17.3 Å². The molecule has 0 bridgehead atoms. The normalized spacial score (nSPS) is 16.8. The van der Waals surface area contributed by atoms with E-state index in [2.05, 4.69) is 21.2 Å². The van der Waals surface area contributed by atoms with Crippen molar-refractivity contribution in [2.24, 2.45) is 0 Å². The Morgan fingerprint density at radius 2 is 2.35 bits per heavy atom. The van der Waals surface area contributed by atoms with Crippen LogP contribution in [0.15, 0.2) is 16.7 Å². The summed E-state index contributed by atoms with van der Waals surface area (Å²) >= 11 is 3.39. The molecule has 17 heavy (non-hydrogen) atoms. The Balaban J connectivity index is 2.00. The lowest BCUT2D eigenvalue weighted by atomic mass is 10.4. The van der Waals surface area contributed by atoms with Gasteiger partial charge in [-0.1, -0.05) is 0 Å². The number of hydrogen-bond donors (Lipinski definition) is 1. The van der Waals surface area contributed by atoms with Crippen molar-refractivity contribution in [3.63, 3.8) is 0 Å². The van der Waals surface area contributed by atoms with E-state index in [-0.39, 0.29) is 5.91 Å². The van der Waals surface area contributed by atoms with E-state index in [0.29, 0.717) is 24.0 Å². The molecule has 1 unspecified atom stereocenters. The van der Waals surface area contributed by atoms with Gasteiger partial charge in [0.2, 0.25) is 0 Å². The first-order valence-electron chi connectivity index (χ1n) is 5.53. The second kappa shape index (κ2) is 5.35. The van der Waals surface area contributed by atoms with Crippen LogP contribution in [-0.2, 0) is 10.8 Å². The summed E-state index contributed by atoms with van der Waals surface area (Å²) in [5.74, 6) is 0.407. The minimum Gasteiger partial charge on any atom is -0.350 e. The number of halogens is 1. The van der Waals surface area contributed by atoms with E-state index in [1.165, 1.54) is 0 Å². The zero-order chi connectivity index (χ0) is 12.4. The topological polar surface area (TPSA) is 51.1 Å². The summed E-state index contributed by atoms with van der Waals surface area (Å²) in [6, 6.07) is 2.30. The molecule has 1 fully saturated rings. The average molecular weight is 319 g/mol. The molecule has 1 aliphatic rings. The summed E-state index contributed by atoms with van der Waals surface area (Å²) in [5, 5.41) is 2.79. The van der Waals surface area contributed by atoms with Gasteiger partial charge in [0.25, 0.3) is 5.91 Å². The number of amides is 1. The van der Waals surface area contributed by atoms with Gasteiger partial charge in [0.15, 0.2) is 0 Å². The molecule has 6 heteroatoms. The monoisotopic (exact) mass is 318 g/mol. The molecule has 1 N–H and O–H groups in total. The van der Waals surface area contributed by atoms with E-state index in [1.54, 1.807) is 6.26 Å². The third-order valence-corrected chi connectivity index (χ3v) is 3.88. The van der Waals surface area contributed by atoms with Gasteiger partial charge in [-0.15, -0.1) is 0 Å². The van der Waals surface area contributed by atoms with Crippen molar-refractivity contribution in [3.8, 4) is 0 Å². The standard InChI is InChI=1S/C11H15BrN2O2S/c1-17(16)5-4-13-11(15)10-6-8(12)7-14(10)9-2-3-9/h6-7,9H,2-5H2,1H3,(H,13,15). The van der Waals surface area contributed by atoms with Gasteiger partial charge in [-0.3, -0.25) is 9.00 Å². The number of rotatable bonds is 5. The molecule has 2 rings (SSSR count). The maximum Gasteiger partial charge on any atom is 0.267 e. The van der Waals surface area contributed by atoms with Crippen molar-refractivity contribution in [3.05, 3.63) is 22.4 Å². The van der Waals surface area contributed by atoms with Crippen molar-refractivity contribution >= 4 is 32.6 Å². The number of hydrogen-bond acceptors (Lipinski definition) is 2. The first-order chi connectivity index (χ1) is 8.08. The van der Waals surface area contributed by atoms with Crippen LogP contribution in [0.5, 0.6) is 0 Å². The van der Waals surface area contributed by atoms with Gasteiger partial charge in [-0.05, 0) is 34.8 Å². The van der Waals surface area contributed by atoms with Gasteiger partial charge < -0.3 is 9.88 Å². The molecule has 0 spiro atoms. The van der Waals surface area contributed by atoms with Gasteiger partial charge in [-0.25, -0.2) is 0 Å². The van der Waals surface area contributed by atoms with Gasteiger partial charge >= 0.3 is 0 Å². The summed E-state index contributed by atoms with van der Waals surface area (Å²) in [6.45, 7) is 0.454. The summed E-state index contributed by atoms with van der Waals surface area (Å²) in [5.41, 5.74) is 0.682. The molecule has 94 valence electrons. The van der Waals surface area contributed by atoms with E-state index in [4.69, 9.17) is 0 Å². The molecule has 4 nitrogen and oxygen atoms in total. The fourth-order valence-corrected chi connectivity index (χ4v) is 2.51. The van der Waals surface area contributed by atoms with Crippen molar-refractivity contribution in [1.29, 1.82) is 0 Å².